The van der Waals surface area contributed by atoms with Crippen LogP contribution in [-0.4, -0.2) is 30.2 Å². The summed E-state index contributed by atoms with van der Waals surface area (Å²) in [6, 6.07) is 2.05. The second-order valence-electron chi connectivity index (χ2n) is 3.32. The van der Waals surface area contributed by atoms with Gasteiger partial charge in [-0.2, -0.15) is 0 Å². The fourth-order valence-electron chi connectivity index (χ4n) is 1.18. The second-order valence-corrected chi connectivity index (χ2v) is 4.32. The molecule has 1 atom stereocenters. The molecule has 0 spiro atoms. The Morgan fingerprint density at radius 3 is 3.00 bits per heavy atom. The van der Waals surface area contributed by atoms with Crippen LogP contribution in [0.2, 0.25) is 0 Å². The zero-order valence-electron chi connectivity index (χ0n) is 8.69. The normalized spacial score (nSPS) is 12.5. The van der Waals surface area contributed by atoms with Gasteiger partial charge in [0.1, 0.15) is 6.10 Å². The van der Waals surface area contributed by atoms with Gasteiger partial charge in [-0.25, -0.2) is 0 Å². The molecule has 84 valence electrons. The molecule has 15 heavy (non-hydrogen) atoms. The van der Waals surface area contributed by atoms with Crippen LogP contribution < -0.4 is 11.1 Å². The van der Waals surface area contributed by atoms with Crippen molar-refractivity contribution in [3.63, 3.8) is 0 Å². The Balaban J connectivity index is 2.28. The van der Waals surface area contributed by atoms with Crippen LogP contribution in [0, 0.1) is 6.92 Å². The van der Waals surface area contributed by atoms with Gasteiger partial charge in [-0.15, -0.1) is 11.3 Å². The molecule has 0 radical (unpaired) electrons. The molecule has 4 nitrogen and oxygen atoms in total. The maximum Gasteiger partial charge on any atom is 0.250 e. The lowest BCUT2D eigenvalue weighted by molar-refractivity contribution is -0.128. The van der Waals surface area contributed by atoms with E-state index in [4.69, 9.17) is 10.8 Å². The number of amides is 1. The first kappa shape index (κ1) is 12.2. The van der Waals surface area contributed by atoms with Gasteiger partial charge in [0.25, 0.3) is 0 Å². The molecule has 0 fully saturated rings. The van der Waals surface area contributed by atoms with Gasteiger partial charge < -0.3 is 16.2 Å². The van der Waals surface area contributed by atoms with E-state index in [1.165, 1.54) is 10.4 Å². The third kappa shape index (κ3) is 3.62. The minimum atomic E-state index is -1.09. The van der Waals surface area contributed by atoms with Crippen LogP contribution in [0.1, 0.15) is 10.4 Å². The Labute approximate surface area is 93.1 Å². The minimum Gasteiger partial charge on any atom is -0.382 e. The lowest BCUT2D eigenvalue weighted by Gasteiger charge is -2.08. The van der Waals surface area contributed by atoms with E-state index < -0.39 is 12.0 Å². The summed E-state index contributed by atoms with van der Waals surface area (Å²) in [7, 11) is 0. The molecule has 0 aliphatic heterocycles. The highest BCUT2D eigenvalue weighted by molar-refractivity contribution is 7.10. The summed E-state index contributed by atoms with van der Waals surface area (Å²) in [5.41, 5.74) is 6.40. The first-order valence-corrected chi connectivity index (χ1v) is 5.72. The minimum absolute atomic E-state index is 0.0378. The molecule has 1 unspecified atom stereocenters. The van der Waals surface area contributed by atoms with Crippen molar-refractivity contribution in [2.24, 2.45) is 5.73 Å². The van der Waals surface area contributed by atoms with Gasteiger partial charge in [-0.1, -0.05) is 0 Å². The summed E-state index contributed by atoms with van der Waals surface area (Å²) >= 11 is 1.68. The van der Waals surface area contributed by atoms with Crippen molar-refractivity contribution in [2.45, 2.75) is 19.4 Å². The van der Waals surface area contributed by atoms with Gasteiger partial charge in [0, 0.05) is 18.0 Å². The number of carbonyl (C=O) groups is 1. The van der Waals surface area contributed by atoms with Gasteiger partial charge >= 0.3 is 0 Å². The van der Waals surface area contributed by atoms with E-state index in [-0.39, 0.29) is 6.54 Å². The number of hydrogen-bond donors (Lipinski definition) is 3. The van der Waals surface area contributed by atoms with Crippen molar-refractivity contribution in [1.29, 1.82) is 0 Å². The summed E-state index contributed by atoms with van der Waals surface area (Å²) < 4.78 is 0. The fourth-order valence-corrected chi connectivity index (χ4v) is 2.09. The van der Waals surface area contributed by atoms with E-state index in [1.54, 1.807) is 11.3 Å². The van der Waals surface area contributed by atoms with Gasteiger partial charge in [0.2, 0.25) is 5.91 Å². The summed E-state index contributed by atoms with van der Waals surface area (Å²) in [6.45, 7) is 2.55. The molecule has 1 rings (SSSR count). The van der Waals surface area contributed by atoms with Crippen molar-refractivity contribution < 1.29 is 9.90 Å². The predicted molar refractivity (Wildman–Crippen MR) is 60.8 cm³/mol. The number of aliphatic hydroxyl groups excluding tert-OH is 1. The van der Waals surface area contributed by atoms with Crippen LogP contribution in [0.3, 0.4) is 0 Å². The highest BCUT2D eigenvalue weighted by atomic mass is 32.1. The largest absolute Gasteiger partial charge is 0.382 e. The van der Waals surface area contributed by atoms with E-state index in [0.717, 1.165) is 6.42 Å². The Kier molecular flexibility index (Phi) is 4.74. The van der Waals surface area contributed by atoms with E-state index >= 15 is 0 Å². The zero-order chi connectivity index (χ0) is 11.3. The number of aryl methyl sites for hydroxylation is 1. The topological polar surface area (TPSA) is 75.3 Å². The van der Waals surface area contributed by atoms with Gasteiger partial charge in [-0.3, -0.25) is 4.79 Å². The Morgan fingerprint density at radius 2 is 2.47 bits per heavy atom. The number of hydrogen-bond acceptors (Lipinski definition) is 4. The average Bonchev–Trinajstić information content (AvgIpc) is 2.63. The Hall–Kier alpha value is -0.910. The van der Waals surface area contributed by atoms with Gasteiger partial charge in [-0.05, 0) is 30.4 Å². The summed E-state index contributed by atoms with van der Waals surface area (Å²) in [5, 5.41) is 13.8. The van der Waals surface area contributed by atoms with Crippen molar-refractivity contribution >= 4 is 17.2 Å². The molecule has 1 aromatic heterocycles. The molecule has 0 aromatic carbocycles. The highest BCUT2D eigenvalue weighted by Gasteiger charge is 2.11. The quantitative estimate of drug-likeness (QED) is 0.666. The number of aliphatic hydroxyl groups is 1. The Bertz CT molecular complexity index is 325. The molecule has 1 aromatic rings. The van der Waals surface area contributed by atoms with Crippen molar-refractivity contribution in [3.05, 3.63) is 21.9 Å². The molecule has 0 aliphatic carbocycles. The van der Waals surface area contributed by atoms with Crippen LogP contribution >= 0.6 is 11.3 Å². The second kappa shape index (κ2) is 5.85. The maximum absolute atomic E-state index is 11.1. The fraction of sp³-hybridized carbons (Fsp3) is 0.500. The molecule has 5 heteroatoms. The summed E-state index contributed by atoms with van der Waals surface area (Å²) in [6.07, 6.45) is -0.290. The van der Waals surface area contributed by atoms with E-state index in [9.17, 15) is 4.79 Å². The third-order valence-electron chi connectivity index (χ3n) is 2.15. The van der Waals surface area contributed by atoms with Crippen LogP contribution in [0.25, 0.3) is 0 Å². The van der Waals surface area contributed by atoms with E-state index in [1.807, 2.05) is 12.3 Å². The standard InChI is InChI=1S/C10H16N2O2S/c1-7-3-5-15-9(7)2-4-12-10(14)8(13)6-11/h3,5,8,13H,2,4,6,11H2,1H3,(H,12,14). The number of rotatable bonds is 5. The molecular formula is C10H16N2O2S. The first-order valence-electron chi connectivity index (χ1n) is 4.84. The molecule has 0 bridgehead atoms. The molecule has 1 amide bonds. The summed E-state index contributed by atoms with van der Waals surface area (Å²) in [4.78, 5) is 12.4. The van der Waals surface area contributed by atoms with Crippen LogP contribution in [0.5, 0.6) is 0 Å². The molecule has 1 heterocycles. The average molecular weight is 228 g/mol. The summed E-state index contributed by atoms with van der Waals surface area (Å²) in [5.74, 6) is -0.397. The number of nitrogens with one attached hydrogen (secondary N) is 1. The zero-order valence-corrected chi connectivity index (χ0v) is 9.51. The van der Waals surface area contributed by atoms with E-state index in [0.29, 0.717) is 6.54 Å². The molecule has 0 saturated heterocycles. The van der Waals surface area contributed by atoms with Crippen molar-refractivity contribution in [1.82, 2.24) is 5.32 Å². The lowest BCUT2D eigenvalue weighted by atomic mass is 10.2. The van der Waals surface area contributed by atoms with Gasteiger partial charge in [0.05, 0.1) is 0 Å². The van der Waals surface area contributed by atoms with Crippen LogP contribution in [-0.2, 0) is 11.2 Å². The number of carbonyl (C=O) groups excluding carboxylic acids is 1. The van der Waals surface area contributed by atoms with Crippen molar-refractivity contribution in [2.75, 3.05) is 13.1 Å². The van der Waals surface area contributed by atoms with Crippen LogP contribution in [0.4, 0.5) is 0 Å². The number of thiophene rings is 1. The molecule has 0 saturated carbocycles. The number of nitrogens with two attached hydrogens (primary N) is 1. The first-order chi connectivity index (χ1) is 7.15. The van der Waals surface area contributed by atoms with Crippen molar-refractivity contribution in [3.8, 4) is 0 Å². The van der Waals surface area contributed by atoms with Crippen LogP contribution in [0.15, 0.2) is 11.4 Å². The van der Waals surface area contributed by atoms with Gasteiger partial charge in [0.15, 0.2) is 0 Å². The monoisotopic (exact) mass is 228 g/mol. The third-order valence-corrected chi connectivity index (χ3v) is 3.23. The molecule has 4 N–H and O–H groups in total. The molecular weight excluding hydrogens is 212 g/mol. The Morgan fingerprint density at radius 1 is 1.73 bits per heavy atom. The maximum atomic E-state index is 11.1. The predicted octanol–water partition coefficient (Wildman–Crippen LogP) is 0.0348. The highest BCUT2D eigenvalue weighted by Crippen LogP contribution is 2.15. The lowest BCUT2D eigenvalue weighted by Crippen LogP contribution is -2.39. The SMILES string of the molecule is Cc1ccsc1CCNC(=O)C(O)CN. The van der Waals surface area contributed by atoms with E-state index in [2.05, 4.69) is 11.4 Å². The smallest absolute Gasteiger partial charge is 0.250 e. The molecule has 0 aliphatic rings.